The zero-order valence-corrected chi connectivity index (χ0v) is 20.7. The fourth-order valence-corrected chi connectivity index (χ4v) is 5.02. The molecule has 3 aromatic rings. The molecule has 1 heterocycles. The highest BCUT2D eigenvalue weighted by Crippen LogP contribution is 2.31. The Balaban J connectivity index is 0.00000408. The molecule has 0 radical (unpaired) electrons. The van der Waals surface area contributed by atoms with Gasteiger partial charge in [-0.2, -0.15) is 4.31 Å². The molecule has 2 N–H and O–H groups in total. The van der Waals surface area contributed by atoms with Crippen LogP contribution < -0.4 is 5.73 Å². The van der Waals surface area contributed by atoms with Crippen LogP contribution in [0, 0.1) is 0 Å². The van der Waals surface area contributed by atoms with Crippen molar-refractivity contribution in [1.82, 2.24) is 19.3 Å². The number of allylic oxidation sites excluding steroid dienone is 1. The Bertz CT molecular complexity index is 1310. The SMILES string of the molecule is CCN(CC)S(=O)(=O)c1cccc(-c2cc(C(=O)OC)cc3c2nnn3C/C(F)=C/CN)c1.Cl. The van der Waals surface area contributed by atoms with Crippen molar-refractivity contribution in [2.24, 2.45) is 5.73 Å². The van der Waals surface area contributed by atoms with Gasteiger partial charge in [-0.25, -0.2) is 22.3 Å². The standard InChI is InChI=1S/C22H26FN5O4S.ClH/c1-4-27(5-2)33(30,31)18-8-6-7-15(11-18)19-12-16(22(29)32-3)13-20-21(19)25-26-28(20)14-17(23)9-10-24;/h6-9,11-13H,4-5,10,14,24H2,1-3H3;1H/b17-9-;. The van der Waals surface area contributed by atoms with E-state index in [9.17, 15) is 17.6 Å². The summed E-state index contributed by atoms with van der Waals surface area (Å²) in [4.78, 5) is 12.4. The summed E-state index contributed by atoms with van der Waals surface area (Å²) in [6, 6.07) is 9.44. The summed E-state index contributed by atoms with van der Waals surface area (Å²) in [5, 5.41) is 8.19. The maximum Gasteiger partial charge on any atom is 0.337 e. The molecule has 0 unspecified atom stereocenters. The number of nitrogens with two attached hydrogens (primary N) is 1. The second-order valence-electron chi connectivity index (χ2n) is 7.13. The van der Waals surface area contributed by atoms with Crippen LogP contribution in [-0.2, 0) is 21.3 Å². The summed E-state index contributed by atoms with van der Waals surface area (Å²) in [7, 11) is -2.45. The summed E-state index contributed by atoms with van der Waals surface area (Å²) in [6.07, 6.45) is 1.22. The second kappa shape index (κ2) is 11.5. The zero-order valence-electron chi connectivity index (χ0n) is 19.1. The summed E-state index contributed by atoms with van der Waals surface area (Å²) < 4.78 is 47.6. The third-order valence-electron chi connectivity index (χ3n) is 5.17. The van der Waals surface area contributed by atoms with E-state index >= 15 is 0 Å². The van der Waals surface area contributed by atoms with Crippen molar-refractivity contribution in [3.8, 4) is 11.1 Å². The Morgan fingerprint density at radius 3 is 2.56 bits per heavy atom. The number of nitrogens with zero attached hydrogens (tertiary/aromatic N) is 4. The average Bonchev–Trinajstić information content (AvgIpc) is 3.21. The molecule has 2 aromatic carbocycles. The molecule has 0 spiro atoms. The van der Waals surface area contributed by atoms with Crippen LogP contribution in [0.4, 0.5) is 4.39 Å². The van der Waals surface area contributed by atoms with Crippen molar-refractivity contribution < 1.29 is 22.3 Å². The smallest absolute Gasteiger partial charge is 0.337 e. The fourth-order valence-electron chi connectivity index (χ4n) is 3.51. The molecular formula is C22H27ClFN5O4S. The minimum Gasteiger partial charge on any atom is -0.465 e. The van der Waals surface area contributed by atoms with Gasteiger partial charge >= 0.3 is 5.97 Å². The van der Waals surface area contributed by atoms with E-state index in [-0.39, 0.29) is 36.0 Å². The molecule has 0 aliphatic rings. The van der Waals surface area contributed by atoms with Crippen LogP contribution >= 0.6 is 12.4 Å². The predicted octanol–water partition coefficient (Wildman–Crippen LogP) is 3.15. The number of methoxy groups -OCH3 is 1. The second-order valence-corrected chi connectivity index (χ2v) is 9.07. The van der Waals surface area contributed by atoms with Gasteiger partial charge in [-0.1, -0.05) is 31.2 Å². The Kier molecular flexibility index (Phi) is 9.28. The monoisotopic (exact) mass is 511 g/mol. The molecule has 184 valence electrons. The maximum absolute atomic E-state index is 14.1. The lowest BCUT2D eigenvalue weighted by molar-refractivity contribution is 0.0601. The maximum atomic E-state index is 14.1. The van der Waals surface area contributed by atoms with E-state index in [1.54, 1.807) is 32.0 Å². The third kappa shape index (κ3) is 5.44. The number of hydrogen-bond donors (Lipinski definition) is 1. The lowest BCUT2D eigenvalue weighted by Gasteiger charge is -2.19. The number of esters is 1. The number of halogens is 2. The van der Waals surface area contributed by atoms with Crippen LogP contribution in [0.5, 0.6) is 0 Å². The highest BCUT2D eigenvalue weighted by atomic mass is 35.5. The first-order valence-electron chi connectivity index (χ1n) is 10.4. The molecule has 1 aromatic heterocycles. The van der Waals surface area contributed by atoms with Crippen LogP contribution in [0.1, 0.15) is 24.2 Å². The van der Waals surface area contributed by atoms with E-state index in [0.717, 1.165) is 0 Å². The molecule has 0 saturated heterocycles. The molecule has 0 saturated carbocycles. The van der Waals surface area contributed by atoms with Crippen molar-refractivity contribution in [1.29, 1.82) is 0 Å². The molecule has 0 fully saturated rings. The topological polar surface area (TPSA) is 120 Å². The average molecular weight is 512 g/mol. The van der Waals surface area contributed by atoms with Crippen molar-refractivity contribution >= 4 is 39.4 Å². The van der Waals surface area contributed by atoms with E-state index < -0.39 is 21.8 Å². The van der Waals surface area contributed by atoms with Crippen LogP contribution in [-0.4, -0.2) is 60.4 Å². The zero-order chi connectivity index (χ0) is 24.2. The lowest BCUT2D eigenvalue weighted by Crippen LogP contribution is -2.30. The first-order chi connectivity index (χ1) is 15.8. The normalized spacial score (nSPS) is 12.1. The van der Waals surface area contributed by atoms with Crippen LogP contribution in [0.2, 0.25) is 0 Å². The van der Waals surface area contributed by atoms with Crippen molar-refractivity contribution in [3.63, 3.8) is 0 Å². The highest BCUT2D eigenvalue weighted by molar-refractivity contribution is 7.89. The molecule has 0 aliphatic heterocycles. The number of sulfonamides is 1. The van der Waals surface area contributed by atoms with E-state index in [0.29, 0.717) is 35.2 Å². The molecule has 9 nitrogen and oxygen atoms in total. The largest absolute Gasteiger partial charge is 0.465 e. The predicted molar refractivity (Wildman–Crippen MR) is 130 cm³/mol. The van der Waals surface area contributed by atoms with Gasteiger partial charge < -0.3 is 10.5 Å². The summed E-state index contributed by atoms with van der Waals surface area (Å²) in [6.45, 7) is 4.03. The number of ether oxygens (including phenoxy) is 1. The van der Waals surface area contributed by atoms with Crippen molar-refractivity contribution in [2.45, 2.75) is 25.3 Å². The molecule has 0 amide bonds. The molecular weight excluding hydrogens is 485 g/mol. The third-order valence-corrected chi connectivity index (χ3v) is 7.22. The molecule has 12 heteroatoms. The van der Waals surface area contributed by atoms with Crippen molar-refractivity contribution in [2.75, 3.05) is 26.7 Å². The van der Waals surface area contributed by atoms with Gasteiger partial charge in [-0.3, -0.25) is 0 Å². The molecule has 0 atom stereocenters. The Labute approximate surface area is 203 Å². The molecule has 0 bridgehead atoms. The number of benzene rings is 2. The fraction of sp³-hybridized carbons (Fsp3) is 0.318. The van der Waals surface area contributed by atoms with Crippen molar-refractivity contribution in [3.05, 3.63) is 53.9 Å². The van der Waals surface area contributed by atoms with Gasteiger partial charge in [0.15, 0.2) is 0 Å². The Morgan fingerprint density at radius 2 is 1.94 bits per heavy atom. The Morgan fingerprint density at radius 1 is 1.24 bits per heavy atom. The summed E-state index contributed by atoms with van der Waals surface area (Å²) in [5.74, 6) is -1.10. The quantitative estimate of drug-likeness (QED) is 0.438. The number of hydrogen-bond acceptors (Lipinski definition) is 7. The van der Waals surface area contributed by atoms with Crippen LogP contribution in [0.15, 0.2) is 53.2 Å². The number of rotatable bonds is 9. The number of carbonyl (C=O) groups is 1. The van der Waals surface area contributed by atoms with Gasteiger partial charge in [0.05, 0.1) is 29.6 Å². The van der Waals surface area contributed by atoms with E-state index in [1.165, 1.54) is 40.4 Å². The van der Waals surface area contributed by atoms with E-state index in [1.807, 2.05) is 0 Å². The van der Waals surface area contributed by atoms with Gasteiger partial charge in [0, 0.05) is 25.2 Å². The Hall–Kier alpha value is -2.86. The van der Waals surface area contributed by atoms with Gasteiger partial charge in [0.2, 0.25) is 10.0 Å². The number of aromatic nitrogens is 3. The van der Waals surface area contributed by atoms with Crippen LogP contribution in [0.25, 0.3) is 22.2 Å². The summed E-state index contributed by atoms with van der Waals surface area (Å²) in [5.41, 5.74) is 7.34. The van der Waals surface area contributed by atoms with Gasteiger partial charge in [0.25, 0.3) is 0 Å². The van der Waals surface area contributed by atoms with E-state index in [2.05, 4.69) is 10.3 Å². The first-order valence-corrected chi connectivity index (χ1v) is 11.8. The van der Waals surface area contributed by atoms with Crippen LogP contribution in [0.3, 0.4) is 0 Å². The molecule has 3 rings (SSSR count). The minimum absolute atomic E-state index is 0. The van der Waals surface area contributed by atoms with Gasteiger partial charge in [-0.15, -0.1) is 17.5 Å². The first kappa shape index (κ1) is 27.4. The summed E-state index contributed by atoms with van der Waals surface area (Å²) >= 11 is 0. The van der Waals surface area contributed by atoms with Gasteiger partial charge in [0.1, 0.15) is 11.3 Å². The van der Waals surface area contributed by atoms with E-state index in [4.69, 9.17) is 10.5 Å². The molecule has 0 aliphatic carbocycles. The number of carbonyl (C=O) groups excluding carboxylic acids is 1. The highest BCUT2D eigenvalue weighted by Gasteiger charge is 2.23. The lowest BCUT2D eigenvalue weighted by atomic mass is 10.0. The molecule has 34 heavy (non-hydrogen) atoms. The minimum atomic E-state index is -3.70. The number of fused-ring (bicyclic) bond motifs is 1. The van der Waals surface area contributed by atoms with Gasteiger partial charge in [-0.05, 0) is 35.9 Å².